The molecule has 0 fully saturated rings. The molecule has 116 valence electrons. The highest BCUT2D eigenvalue weighted by Gasteiger charge is 2.13. The van der Waals surface area contributed by atoms with E-state index < -0.39 is 0 Å². The number of carbonyl (C=O) groups excluding carboxylic acids is 1. The summed E-state index contributed by atoms with van der Waals surface area (Å²) in [7, 11) is 2.90. The third-order valence-electron chi connectivity index (χ3n) is 2.78. The van der Waals surface area contributed by atoms with Crippen molar-refractivity contribution in [1.82, 2.24) is 9.97 Å². The number of nitrogens with one attached hydrogen (secondary N) is 1. The highest BCUT2D eigenvalue weighted by atomic mass is 16.5. The number of hydrogen-bond donors (Lipinski definition) is 1. The van der Waals surface area contributed by atoms with Crippen molar-refractivity contribution >= 4 is 11.6 Å². The van der Waals surface area contributed by atoms with E-state index in [0.29, 0.717) is 23.6 Å². The molecule has 1 aromatic carbocycles. The normalized spacial score (nSPS) is 9.95. The maximum Gasteiger partial charge on any atom is 0.319 e. The molecule has 7 heteroatoms. The zero-order chi connectivity index (χ0) is 15.9. The lowest BCUT2D eigenvalue weighted by Crippen LogP contribution is -2.13. The standard InChI is InChI=1S/C15H17N3O4/c1-4-22-11-7-5-10(6-8-11)13(19)17-12-9-16-15(21-3)18-14(12)20-2/h5-9H,4H2,1-3H3,(H,17,19). The molecule has 0 aliphatic heterocycles. The van der Waals surface area contributed by atoms with E-state index in [0.717, 1.165) is 0 Å². The number of nitrogens with zero attached hydrogens (tertiary/aromatic N) is 2. The average Bonchev–Trinajstić information content (AvgIpc) is 2.56. The molecule has 22 heavy (non-hydrogen) atoms. The molecule has 0 bridgehead atoms. The minimum absolute atomic E-state index is 0.163. The lowest BCUT2D eigenvalue weighted by Gasteiger charge is -2.10. The van der Waals surface area contributed by atoms with Crippen LogP contribution in [0.1, 0.15) is 17.3 Å². The first-order chi connectivity index (χ1) is 10.7. The molecule has 0 atom stereocenters. The maximum absolute atomic E-state index is 12.2. The van der Waals surface area contributed by atoms with Crippen molar-refractivity contribution in [3.63, 3.8) is 0 Å². The van der Waals surface area contributed by atoms with E-state index in [2.05, 4.69) is 15.3 Å². The number of ether oxygens (including phenoxy) is 3. The van der Waals surface area contributed by atoms with Crippen LogP contribution in [0.25, 0.3) is 0 Å². The molecule has 0 radical (unpaired) electrons. The van der Waals surface area contributed by atoms with Crippen molar-refractivity contribution in [2.75, 3.05) is 26.1 Å². The minimum atomic E-state index is -0.296. The molecule has 0 saturated carbocycles. The van der Waals surface area contributed by atoms with Crippen LogP contribution in [0.2, 0.25) is 0 Å². The Morgan fingerprint density at radius 3 is 2.50 bits per heavy atom. The highest BCUT2D eigenvalue weighted by molar-refractivity contribution is 6.04. The van der Waals surface area contributed by atoms with E-state index in [1.807, 2.05) is 6.92 Å². The number of methoxy groups -OCH3 is 2. The van der Waals surface area contributed by atoms with Gasteiger partial charge in [0.25, 0.3) is 5.91 Å². The van der Waals surface area contributed by atoms with Gasteiger partial charge in [-0.15, -0.1) is 0 Å². The van der Waals surface area contributed by atoms with E-state index in [1.165, 1.54) is 20.4 Å². The van der Waals surface area contributed by atoms with Gasteiger partial charge in [-0.25, -0.2) is 4.98 Å². The van der Waals surface area contributed by atoms with Crippen molar-refractivity contribution in [2.24, 2.45) is 0 Å². The Labute approximate surface area is 128 Å². The van der Waals surface area contributed by atoms with Crippen LogP contribution in [0, 0.1) is 0 Å². The second-order valence-corrected chi connectivity index (χ2v) is 4.19. The molecule has 0 aliphatic carbocycles. The quantitative estimate of drug-likeness (QED) is 0.880. The smallest absolute Gasteiger partial charge is 0.319 e. The van der Waals surface area contributed by atoms with Crippen LogP contribution in [0.15, 0.2) is 30.5 Å². The van der Waals surface area contributed by atoms with Crippen LogP contribution >= 0.6 is 0 Å². The summed E-state index contributed by atoms with van der Waals surface area (Å²) < 4.78 is 15.4. The van der Waals surface area contributed by atoms with Crippen molar-refractivity contribution in [3.8, 4) is 17.6 Å². The molecule has 0 aliphatic rings. The first kappa shape index (κ1) is 15.6. The molecule has 1 heterocycles. The Balaban J connectivity index is 2.14. The number of hydrogen-bond acceptors (Lipinski definition) is 6. The number of aromatic nitrogens is 2. The molecule has 0 unspecified atom stereocenters. The Kier molecular flexibility index (Phi) is 5.13. The summed E-state index contributed by atoms with van der Waals surface area (Å²) in [6.07, 6.45) is 1.43. The van der Waals surface area contributed by atoms with Gasteiger partial charge in [-0.2, -0.15) is 4.98 Å². The van der Waals surface area contributed by atoms with Crippen LogP contribution in [0.5, 0.6) is 17.6 Å². The van der Waals surface area contributed by atoms with Gasteiger partial charge in [-0.05, 0) is 31.2 Å². The predicted molar refractivity (Wildman–Crippen MR) is 80.7 cm³/mol. The topological polar surface area (TPSA) is 82.6 Å². The average molecular weight is 303 g/mol. The van der Waals surface area contributed by atoms with Gasteiger partial charge in [-0.3, -0.25) is 4.79 Å². The molecule has 1 aromatic heterocycles. The van der Waals surface area contributed by atoms with Crippen LogP contribution in [-0.2, 0) is 0 Å². The zero-order valence-corrected chi connectivity index (χ0v) is 12.6. The fourth-order valence-corrected chi connectivity index (χ4v) is 1.75. The van der Waals surface area contributed by atoms with E-state index in [-0.39, 0.29) is 17.8 Å². The van der Waals surface area contributed by atoms with Crippen LogP contribution in [-0.4, -0.2) is 36.7 Å². The number of rotatable bonds is 6. The summed E-state index contributed by atoms with van der Waals surface area (Å²) in [5, 5.41) is 2.70. The van der Waals surface area contributed by atoms with Crippen molar-refractivity contribution < 1.29 is 19.0 Å². The summed E-state index contributed by atoms with van der Waals surface area (Å²) in [5.41, 5.74) is 0.850. The van der Waals surface area contributed by atoms with E-state index in [9.17, 15) is 4.79 Å². The van der Waals surface area contributed by atoms with Gasteiger partial charge in [0, 0.05) is 5.56 Å². The van der Waals surface area contributed by atoms with Crippen LogP contribution in [0.3, 0.4) is 0 Å². The lowest BCUT2D eigenvalue weighted by molar-refractivity contribution is 0.102. The summed E-state index contributed by atoms with van der Waals surface area (Å²) in [4.78, 5) is 20.2. The Bertz CT molecular complexity index is 644. The Morgan fingerprint density at radius 1 is 1.18 bits per heavy atom. The third-order valence-corrected chi connectivity index (χ3v) is 2.78. The second-order valence-electron chi connectivity index (χ2n) is 4.19. The van der Waals surface area contributed by atoms with E-state index in [1.54, 1.807) is 24.3 Å². The van der Waals surface area contributed by atoms with Crippen molar-refractivity contribution in [2.45, 2.75) is 6.92 Å². The monoisotopic (exact) mass is 303 g/mol. The molecule has 0 spiro atoms. The zero-order valence-electron chi connectivity index (χ0n) is 12.6. The summed E-state index contributed by atoms with van der Waals surface area (Å²) >= 11 is 0. The molecule has 1 amide bonds. The van der Waals surface area contributed by atoms with Gasteiger partial charge >= 0.3 is 6.01 Å². The van der Waals surface area contributed by atoms with E-state index in [4.69, 9.17) is 14.2 Å². The Hall–Kier alpha value is -2.83. The van der Waals surface area contributed by atoms with Crippen molar-refractivity contribution in [1.29, 1.82) is 0 Å². The number of amides is 1. The van der Waals surface area contributed by atoms with Crippen LogP contribution in [0.4, 0.5) is 5.69 Å². The number of anilines is 1. The molecule has 2 rings (SSSR count). The highest BCUT2D eigenvalue weighted by Crippen LogP contribution is 2.23. The fourth-order valence-electron chi connectivity index (χ4n) is 1.75. The molecule has 2 aromatic rings. The first-order valence-corrected chi connectivity index (χ1v) is 6.67. The largest absolute Gasteiger partial charge is 0.494 e. The van der Waals surface area contributed by atoms with Gasteiger partial charge < -0.3 is 19.5 Å². The SMILES string of the molecule is CCOc1ccc(C(=O)Nc2cnc(OC)nc2OC)cc1. The van der Waals surface area contributed by atoms with Gasteiger partial charge in [0.05, 0.1) is 27.0 Å². The van der Waals surface area contributed by atoms with Crippen LogP contribution < -0.4 is 19.5 Å². The van der Waals surface area contributed by atoms with Gasteiger partial charge in [0.15, 0.2) is 0 Å². The summed E-state index contributed by atoms with van der Waals surface area (Å²) in [6, 6.07) is 6.99. The Morgan fingerprint density at radius 2 is 1.91 bits per heavy atom. The number of benzene rings is 1. The second kappa shape index (κ2) is 7.26. The third kappa shape index (κ3) is 3.63. The lowest BCUT2D eigenvalue weighted by atomic mass is 10.2. The number of carbonyl (C=O) groups is 1. The molecular formula is C15H17N3O4. The van der Waals surface area contributed by atoms with Gasteiger partial charge in [0.1, 0.15) is 11.4 Å². The fraction of sp³-hybridized carbons (Fsp3) is 0.267. The molecule has 7 nitrogen and oxygen atoms in total. The summed E-state index contributed by atoms with van der Waals surface area (Å²) in [6.45, 7) is 2.47. The van der Waals surface area contributed by atoms with E-state index >= 15 is 0 Å². The predicted octanol–water partition coefficient (Wildman–Crippen LogP) is 2.14. The molecule has 0 saturated heterocycles. The molecule has 1 N–H and O–H groups in total. The van der Waals surface area contributed by atoms with Crippen molar-refractivity contribution in [3.05, 3.63) is 36.0 Å². The van der Waals surface area contributed by atoms with Gasteiger partial charge in [-0.1, -0.05) is 0 Å². The maximum atomic E-state index is 12.2. The first-order valence-electron chi connectivity index (χ1n) is 6.67. The van der Waals surface area contributed by atoms with Gasteiger partial charge in [0.2, 0.25) is 5.88 Å². The minimum Gasteiger partial charge on any atom is -0.494 e. The summed E-state index contributed by atoms with van der Waals surface area (Å²) in [5.74, 6) is 0.644. The molecular weight excluding hydrogens is 286 g/mol.